The van der Waals surface area contributed by atoms with Gasteiger partial charge in [-0.3, -0.25) is 9.59 Å². The van der Waals surface area contributed by atoms with E-state index < -0.39 is 6.23 Å². The Hall–Kier alpha value is -1.92. The Labute approximate surface area is 129 Å². The Morgan fingerprint density at radius 1 is 1.36 bits per heavy atom. The first kappa shape index (κ1) is 15.0. The number of benzene rings is 1. The third kappa shape index (κ3) is 2.71. The summed E-state index contributed by atoms with van der Waals surface area (Å²) in [5, 5.41) is 12.5. The van der Waals surface area contributed by atoms with Gasteiger partial charge in [0.25, 0.3) is 5.91 Å². The lowest BCUT2D eigenvalue weighted by Gasteiger charge is -2.35. The highest BCUT2D eigenvalue weighted by molar-refractivity contribution is 5.99. The fourth-order valence-electron chi connectivity index (χ4n) is 3.20. The van der Waals surface area contributed by atoms with Crippen LogP contribution in [-0.4, -0.2) is 53.1 Å². The number of hydrogen-bond acceptors (Lipinski definition) is 4. The van der Waals surface area contributed by atoms with E-state index in [0.717, 1.165) is 17.7 Å². The zero-order valence-corrected chi connectivity index (χ0v) is 12.9. The van der Waals surface area contributed by atoms with E-state index in [9.17, 15) is 14.7 Å². The van der Waals surface area contributed by atoms with Gasteiger partial charge in [0.05, 0.1) is 6.04 Å². The number of carbonyl (C=O) groups is 2. The van der Waals surface area contributed by atoms with Crippen molar-refractivity contribution in [1.82, 2.24) is 15.1 Å². The first-order valence-electron chi connectivity index (χ1n) is 7.50. The molecule has 22 heavy (non-hydrogen) atoms. The molecule has 3 rings (SSSR count). The second kappa shape index (κ2) is 5.70. The number of aliphatic hydroxyl groups excluding tert-OH is 1. The Morgan fingerprint density at radius 3 is 2.82 bits per heavy atom. The lowest BCUT2D eigenvalue weighted by Crippen LogP contribution is -2.55. The van der Waals surface area contributed by atoms with E-state index in [1.807, 2.05) is 32.3 Å². The third-order valence-corrected chi connectivity index (χ3v) is 4.25. The average Bonchev–Trinajstić information content (AvgIpc) is 2.75. The first-order valence-corrected chi connectivity index (χ1v) is 7.50. The van der Waals surface area contributed by atoms with E-state index in [2.05, 4.69) is 10.2 Å². The van der Waals surface area contributed by atoms with Gasteiger partial charge < -0.3 is 20.2 Å². The van der Waals surface area contributed by atoms with Crippen LogP contribution in [0.15, 0.2) is 18.2 Å². The molecule has 2 N–H and O–H groups in total. The molecule has 2 aliphatic heterocycles. The quantitative estimate of drug-likeness (QED) is 0.842. The number of carbonyl (C=O) groups excluding carboxylic acids is 2. The van der Waals surface area contributed by atoms with Crippen molar-refractivity contribution in [1.29, 1.82) is 0 Å². The topological polar surface area (TPSA) is 72.9 Å². The molecule has 1 fully saturated rings. The molecule has 2 heterocycles. The minimum Gasteiger partial charge on any atom is -0.372 e. The highest BCUT2D eigenvalue weighted by Crippen LogP contribution is 2.29. The van der Waals surface area contributed by atoms with Crippen LogP contribution in [0.5, 0.6) is 0 Å². The summed E-state index contributed by atoms with van der Waals surface area (Å²) in [6.07, 6.45) is -0.147. The highest BCUT2D eigenvalue weighted by Gasteiger charge is 2.38. The minimum atomic E-state index is -0.985. The van der Waals surface area contributed by atoms with Crippen LogP contribution < -0.4 is 5.32 Å². The summed E-state index contributed by atoms with van der Waals surface area (Å²) >= 11 is 0. The molecule has 0 radical (unpaired) electrons. The largest absolute Gasteiger partial charge is 0.372 e. The van der Waals surface area contributed by atoms with Gasteiger partial charge >= 0.3 is 0 Å². The highest BCUT2D eigenvalue weighted by atomic mass is 16.3. The molecule has 6 nitrogen and oxygen atoms in total. The fourth-order valence-corrected chi connectivity index (χ4v) is 3.20. The van der Waals surface area contributed by atoms with Crippen LogP contribution in [0.25, 0.3) is 0 Å². The van der Waals surface area contributed by atoms with Crippen molar-refractivity contribution in [2.24, 2.45) is 0 Å². The molecule has 118 valence electrons. The smallest absolute Gasteiger partial charge is 0.254 e. The summed E-state index contributed by atoms with van der Waals surface area (Å²) < 4.78 is 0. The van der Waals surface area contributed by atoms with Crippen molar-refractivity contribution in [3.63, 3.8) is 0 Å². The number of piperidine rings is 1. The van der Waals surface area contributed by atoms with Gasteiger partial charge in [-0.15, -0.1) is 0 Å². The molecule has 0 bridgehead atoms. The lowest BCUT2D eigenvalue weighted by atomic mass is 10.0. The summed E-state index contributed by atoms with van der Waals surface area (Å²) in [6.45, 7) is 1.27. The Morgan fingerprint density at radius 2 is 2.14 bits per heavy atom. The standard InChI is InChI=1S/C16H21N3O3/c1-18(2)8-10-3-4-11-9-19(16(22)12(11)7-10)13-5-6-14(20)17-15(13)21/h3-4,7,13,15,21H,5-6,8-9H2,1-2H3,(H,17,20). The lowest BCUT2D eigenvalue weighted by molar-refractivity contribution is -0.129. The van der Waals surface area contributed by atoms with Gasteiger partial charge in [0.1, 0.15) is 6.23 Å². The monoisotopic (exact) mass is 303 g/mol. The molecule has 6 heteroatoms. The van der Waals surface area contributed by atoms with Crippen LogP contribution in [0.3, 0.4) is 0 Å². The Bertz CT molecular complexity index is 615. The zero-order chi connectivity index (χ0) is 15.9. The van der Waals surface area contributed by atoms with Crippen molar-refractivity contribution in [3.05, 3.63) is 34.9 Å². The molecule has 0 aliphatic carbocycles. The van der Waals surface area contributed by atoms with Gasteiger partial charge in [-0.05, 0) is 37.7 Å². The van der Waals surface area contributed by atoms with Crippen molar-refractivity contribution >= 4 is 11.8 Å². The minimum absolute atomic E-state index is 0.0594. The van der Waals surface area contributed by atoms with Crippen LogP contribution in [0.4, 0.5) is 0 Å². The Kier molecular flexibility index (Phi) is 3.88. The first-order chi connectivity index (χ1) is 10.5. The number of aliphatic hydroxyl groups is 1. The van der Waals surface area contributed by atoms with Crippen LogP contribution in [0, 0.1) is 0 Å². The number of fused-ring (bicyclic) bond motifs is 1. The van der Waals surface area contributed by atoms with Gasteiger partial charge in [-0.1, -0.05) is 12.1 Å². The molecular weight excluding hydrogens is 282 g/mol. The van der Waals surface area contributed by atoms with E-state index in [4.69, 9.17) is 0 Å². The van der Waals surface area contributed by atoms with Gasteiger partial charge in [-0.25, -0.2) is 0 Å². The normalized spacial score (nSPS) is 24.6. The molecule has 2 amide bonds. The number of hydrogen-bond donors (Lipinski definition) is 2. The van der Waals surface area contributed by atoms with E-state index >= 15 is 0 Å². The number of amides is 2. The van der Waals surface area contributed by atoms with E-state index in [1.165, 1.54) is 0 Å². The molecule has 2 aliphatic rings. The summed E-state index contributed by atoms with van der Waals surface area (Å²) in [4.78, 5) is 27.7. The molecule has 0 aromatic heterocycles. The summed E-state index contributed by atoms with van der Waals surface area (Å²) in [6, 6.07) is 5.61. The maximum atomic E-state index is 12.6. The van der Waals surface area contributed by atoms with Crippen molar-refractivity contribution in [2.45, 2.75) is 38.2 Å². The van der Waals surface area contributed by atoms with E-state index in [0.29, 0.717) is 24.9 Å². The van der Waals surface area contributed by atoms with Gasteiger partial charge in [0.2, 0.25) is 5.91 Å². The summed E-state index contributed by atoms with van der Waals surface area (Å²) in [5.41, 5.74) is 2.79. The molecule has 0 saturated carbocycles. The summed E-state index contributed by atoms with van der Waals surface area (Å²) in [7, 11) is 3.98. The molecular formula is C16H21N3O3. The van der Waals surface area contributed by atoms with Crippen LogP contribution in [0.2, 0.25) is 0 Å². The van der Waals surface area contributed by atoms with E-state index in [1.54, 1.807) is 4.90 Å². The molecule has 0 spiro atoms. The predicted octanol–water partition coefficient (Wildman–Crippen LogP) is 0.301. The van der Waals surface area contributed by atoms with Gasteiger partial charge in [0.15, 0.2) is 0 Å². The second-order valence-corrected chi connectivity index (χ2v) is 6.28. The Balaban J connectivity index is 1.80. The molecule has 2 atom stereocenters. The van der Waals surface area contributed by atoms with Gasteiger partial charge in [0, 0.05) is 25.1 Å². The maximum Gasteiger partial charge on any atom is 0.254 e. The number of nitrogens with zero attached hydrogens (tertiary/aromatic N) is 2. The third-order valence-electron chi connectivity index (χ3n) is 4.25. The molecule has 1 saturated heterocycles. The van der Waals surface area contributed by atoms with Crippen LogP contribution in [0.1, 0.15) is 34.3 Å². The van der Waals surface area contributed by atoms with Crippen LogP contribution >= 0.6 is 0 Å². The molecule has 2 unspecified atom stereocenters. The molecule has 1 aromatic carbocycles. The SMILES string of the molecule is CN(C)Cc1ccc2c(c1)C(=O)N(C1CCC(=O)NC1O)C2. The molecule has 1 aromatic rings. The summed E-state index contributed by atoms with van der Waals surface area (Å²) in [5.74, 6) is -0.225. The van der Waals surface area contributed by atoms with Crippen LogP contribution in [-0.2, 0) is 17.9 Å². The second-order valence-electron chi connectivity index (χ2n) is 6.28. The average molecular weight is 303 g/mol. The zero-order valence-electron chi connectivity index (χ0n) is 12.9. The predicted molar refractivity (Wildman–Crippen MR) is 80.9 cm³/mol. The van der Waals surface area contributed by atoms with Crippen molar-refractivity contribution in [3.8, 4) is 0 Å². The van der Waals surface area contributed by atoms with Gasteiger partial charge in [-0.2, -0.15) is 0 Å². The number of nitrogens with one attached hydrogen (secondary N) is 1. The van der Waals surface area contributed by atoms with Crippen molar-refractivity contribution < 1.29 is 14.7 Å². The maximum absolute atomic E-state index is 12.6. The number of rotatable bonds is 3. The fraction of sp³-hybridized carbons (Fsp3) is 0.500. The van der Waals surface area contributed by atoms with Crippen molar-refractivity contribution in [2.75, 3.05) is 14.1 Å². The van der Waals surface area contributed by atoms with E-state index in [-0.39, 0.29) is 17.9 Å².